The van der Waals surface area contributed by atoms with Crippen LogP contribution in [0.1, 0.15) is 39.6 Å². The van der Waals surface area contributed by atoms with Gasteiger partial charge in [-0.25, -0.2) is 15.0 Å². The molecule has 186 valence electrons. The van der Waals surface area contributed by atoms with Crippen LogP contribution in [0.4, 0.5) is 5.82 Å². The molecule has 0 saturated heterocycles. The maximum Gasteiger partial charge on any atom is 0.200 e. The van der Waals surface area contributed by atoms with Gasteiger partial charge >= 0.3 is 0 Å². The molecule has 0 radical (unpaired) electrons. The predicted octanol–water partition coefficient (Wildman–Crippen LogP) is 7.03. The molecule has 7 nitrogen and oxygen atoms in total. The highest BCUT2D eigenvalue weighted by molar-refractivity contribution is 6.30. The standard InChI is InChI=1S/C28H23Cl2N5O2/c1-16-26(17(2)37-35-16)20-7-8-23-22(14-20)27(32-15-19-4-3-5-21(29)12-19)34-28(33-23)24(36)9-6-18-10-11-31-25(30)13-18/h3-5,7-8,10-14H,6,9,15H2,1-2H3,(H,32,33,34). The molecular formula is C28H23Cl2N5O2. The topological polar surface area (TPSA) is 93.8 Å². The van der Waals surface area contributed by atoms with E-state index in [1.54, 1.807) is 12.3 Å². The lowest BCUT2D eigenvalue weighted by molar-refractivity contribution is 0.0973. The van der Waals surface area contributed by atoms with E-state index in [2.05, 4.69) is 25.4 Å². The van der Waals surface area contributed by atoms with Crippen LogP contribution in [0.5, 0.6) is 0 Å². The number of fused-ring (bicyclic) bond motifs is 1. The Labute approximate surface area is 223 Å². The van der Waals surface area contributed by atoms with Crippen LogP contribution in [0.25, 0.3) is 22.0 Å². The largest absolute Gasteiger partial charge is 0.365 e. The lowest BCUT2D eigenvalue weighted by atomic mass is 10.0. The molecule has 0 unspecified atom stereocenters. The number of benzene rings is 2. The number of aryl methyl sites for hydroxylation is 3. The fraction of sp³-hybridized carbons (Fsp3) is 0.179. The Kier molecular flexibility index (Phi) is 7.17. The highest BCUT2D eigenvalue weighted by atomic mass is 35.5. The van der Waals surface area contributed by atoms with Crippen molar-refractivity contribution in [3.63, 3.8) is 0 Å². The van der Waals surface area contributed by atoms with E-state index < -0.39 is 0 Å². The maximum atomic E-state index is 13.1. The average molecular weight is 532 g/mol. The van der Waals surface area contributed by atoms with Crippen molar-refractivity contribution >= 4 is 45.7 Å². The number of aromatic nitrogens is 4. The summed E-state index contributed by atoms with van der Waals surface area (Å²) in [4.78, 5) is 26.4. The van der Waals surface area contributed by atoms with Gasteiger partial charge in [-0.1, -0.05) is 46.6 Å². The van der Waals surface area contributed by atoms with Gasteiger partial charge in [-0.15, -0.1) is 0 Å². The summed E-state index contributed by atoms with van der Waals surface area (Å²) in [6.45, 7) is 4.26. The summed E-state index contributed by atoms with van der Waals surface area (Å²) in [6.07, 6.45) is 2.39. The van der Waals surface area contributed by atoms with Crippen LogP contribution in [0, 0.1) is 13.8 Å². The monoisotopic (exact) mass is 531 g/mol. The molecule has 5 aromatic rings. The van der Waals surface area contributed by atoms with Crippen LogP contribution >= 0.6 is 23.2 Å². The SMILES string of the molecule is Cc1noc(C)c1-c1ccc2nc(C(=O)CCc3ccnc(Cl)c3)nc(NCc3cccc(Cl)c3)c2c1. The number of rotatable bonds is 8. The molecule has 3 aromatic heterocycles. The van der Waals surface area contributed by atoms with E-state index >= 15 is 0 Å². The molecule has 0 aliphatic rings. The third-order valence-electron chi connectivity index (χ3n) is 6.05. The first-order chi connectivity index (χ1) is 17.9. The number of nitrogens with one attached hydrogen (secondary N) is 1. The minimum Gasteiger partial charge on any atom is -0.365 e. The molecule has 9 heteroatoms. The number of hydrogen-bond acceptors (Lipinski definition) is 7. The molecule has 0 fully saturated rings. The molecule has 0 bridgehead atoms. The van der Waals surface area contributed by atoms with Crippen molar-refractivity contribution in [3.8, 4) is 11.1 Å². The summed E-state index contributed by atoms with van der Waals surface area (Å²) in [5, 5.41) is 9.30. The van der Waals surface area contributed by atoms with Crippen molar-refractivity contribution < 1.29 is 9.32 Å². The number of hydrogen-bond donors (Lipinski definition) is 1. The Morgan fingerprint density at radius 3 is 2.62 bits per heavy atom. The second-order valence-electron chi connectivity index (χ2n) is 8.72. The summed E-state index contributed by atoms with van der Waals surface area (Å²) in [6, 6.07) is 17.0. The Morgan fingerprint density at radius 2 is 1.86 bits per heavy atom. The zero-order valence-electron chi connectivity index (χ0n) is 20.3. The van der Waals surface area contributed by atoms with E-state index in [0.29, 0.717) is 34.5 Å². The van der Waals surface area contributed by atoms with Gasteiger partial charge in [0.15, 0.2) is 11.6 Å². The summed E-state index contributed by atoms with van der Waals surface area (Å²) in [5.41, 5.74) is 5.25. The van der Waals surface area contributed by atoms with Gasteiger partial charge in [-0.05, 0) is 73.4 Å². The quantitative estimate of drug-likeness (QED) is 0.169. The van der Waals surface area contributed by atoms with Crippen molar-refractivity contribution in [1.82, 2.24) is 20.1 Å². The van der Waals surface area contributed by atoms with Crippen LogP contribution in [0.3, 0.4) is 0 Å². The number of halogens is 2. The van der Waals surface area contributed by atoms with E-state index in [9.17, 15) is 4.79 Å². The Hall–Kier alpha value is -3.81. The normalized spacial score (nSPS) is 11.1. The lowest BCUT2D eigenvalue weighted by Crippen LogP contribution is -2.11. The predicted molar refractivity (Wildman–Crippen MR) is 145 cm³/mol. The lowest BCUT2D eigenvalue weighted by Gasteiger charge is -2.12. The van der Waals surface area contributed by atoms with E-state index in [1.807, 2.05) is 62.4 Å². The molecule has 1 N–H and O–H groups in total. The van der Waals surface area contributed by atoms with Gasteiger partial charge in [0.1, 0.15) is 16.7 Å². The van der Waals surface area contributed by atoms with E-state index in [1.165, 1.54) is 0 Å². The van der Waals surface area contributed by atoms with Crippen molar-refractivity contribution in [2.45, 2.75) is 33.2 Å². The van der Waals surface area contributed by atoms with Crippen LogP contribution in [0.2, 0.25) is 10.2 Å². The Balaban J connectivity index is 1.50. The van der Waals surface area contributed by atoms with Gasteiger partial charge in [0.2, 0.25) is 0 Å². The van der Waals surface area contributed by atoms with Crippen LogP contribution in [0.15, 0.2) is 65.3 Å². The third kappa shape index (κ3) is 5.63. The van der Waals surface area contributed by atoms with Crippen molar-refractivity contribution in [1.29, 1.82) is 0 Å². The van der Waals surface area contributed by atoms with E-state index in [0.717, 1.165) is 39.1 Å². The smallest absolute Gasteiger partial charge is 0.200 e. The molecular weight excluding hydrogens is 509 g/mol. The first kappa shape index (κ1) is 24.9. The average Bonchev–Trinajstić information content (AvgIpc) is 3.23. The van der Waals surface area contributed by atoms with Gasteiger partial charge in [-0.2, -0.15) is 0 Å². The van der Waals surface area contributed by atoms with E-state index in [4.69, 9.17) is 27.7 Å². The number of carbonyl (C=O) groups excluding carboxylic acids is 1. The number of Topliss-reactive ketones (excluding diaryl/α,β-unsaturated/α-hetero) is 1. The first-order valence-electron chi connectivity index (χ1n) is 11.7. The highest BCUT2D eigenvalue weighted by Gasteiger charge is 2.17. The summed E-state index contributed by atoms with van der Waals surface area (Å²) < 4.78 is 5.36. The van der Waals surface area contributed by atoms with Crippen LogP contribution in [-0.2, 0) is 13.0 Å². The van der Waals surface area contributed by atoms with Gasteiger partial charge in [0.05, 0.1) is 11.2 Å². The summed E-state index contributed by atoms with van der Waals surface area (Å²) >= 11 is 12.1. The highest BCUT2D eigenvalue weighted by Crippen LogP contribution is 2.32. The molecule has 0 amide bonds. The first-order valence-corrected chi connectivity index (χ1v) is 12.5. The molecule has 2 aromatic carbocycles. The number of nitrogens with zero attached hydrogens (tertiary/aromatic N) is 4. The Morgan fingerprint density at radius 1 is 1.00 bits per heavy atom. The molecule has 0 aliphatic carbocycles. The summed E-state index contributed by atoms with van der Waals surface area (Å²) in [7, 11) is 0. The zero-order chi connectivity index (χ0) is 25.9. The fourth-order valence-corrected chi connectivity index (χ4v) is 4.65. The number of carbonyl (C=O) groups is 1. The minimum atomic E-state index is -0.157. The van der Waals surface area contributed by atoms with Crippen LogP contribution in [-0.4, -0.2) is 25.9 Å². The van der Waals surface area contributed by atoms with Gasteiger partial charge in [0, 0.05) is 35.1 Å². The van der Waals surface area contributed by atoms with Gasteiger partial charge < -0.3 is 9.84 Å². The van der Waals surface area contributed by atoms with E-state index in [-0.39, 0.29) is 18.0 Å². The third-order valence-corrected chi connectivity index (χ3v) is 6.49. The number of pyridine rings is 1. The second kappa shape index (κ2) is 10.7. The minimum absolute atomic E-state index is 0.157. The maximum absolute atomic E-state index is 13.1. The number of anilines is 1. The molecule has 37 heavy (non-hydrogen) atoms. The molecule has 0 aliphatic heterocycles. The van der Waals surface area contributed by atoms with Crippen molar-refractivity contribution in [2.24, 2.45) is 0 Å². The van der Waals surface area contributed by atoms with Gasteiger partial charge in [0.25, 0.3) is 0 Å². The van der Waals surface area contributed by atoms with Crippen molar-refractivity contribution in [2.75, 3.05) is 5.32 Å². The summed E-state index contributed by atoms with van der Waals surface area (Å²) in [5.74, 6) is 1.30. The second-order valence-corrected chi connectivity index (χ2v) is 9.54. The molecule has 3 heterocycles. The fourth-order valence-electron chi connectivity index (χ4n) is 4.24. The van der Waals surface area contributed by atoms with Crippen molar-refractivity contribution in [3.05, 3.63) is 99.4 Å². The molecule has 0 spiro atoms. The van der Waals surface area contributed by atoms with Gasteiger partial charge in [-0.3, -0.25) is 4.79 Å². The number of ketones is 1. The molecule has 0 atom stereocenters. The zero-order valence-corrected chi connectivity index (χ0v) is 21.8. The molecule has 5 rings (SSSR count). The molecule has 0 saturated carbocycles. The Bertz CT molecular complexity index is 1600. The van der Waals surface area contributed by atoms with Crippen LogP contribution < -0.4 is 5.32 Å².